The molecule has 1 aliphatic heterocycles. The zero-order valence-electron chi connectivity index (χ0n) is 10.7. The minimum Gasteiger partial charge on any atom is -0.396 e. The van der Waals surface area contributed by atoms with E-state index in [2.05, 4.69) is 31.2 Å². The fourth-order valence-electron chi connectivity index (χ4n) is 1.94. The van der Waals surface area contributed by atoms with Gasteiger partial charge in [-0.3, -0.25) is 4.99 Å². The van der Waals surface area contributed by atoms with Crippen LogP contribution in [-0.4, -0.2) is 29.2 Å². The molecule has 1 atom stereocenters. The van der Waals surface area contributed by atoms with Gasteiger partial charge in [-0.15, -0.1) is 11.8 Å². The van der Waals surface area contributed by atoms with Crippen LogP contribution in [0.25, 0.3) is 0 Å². The van der Waals surface area contributed by atoms with Crippen molar-refractivity contribution < 1.29 is 5.11 Å². The minimum absolute atomic E-state index is 0.126. The predicted octanol–water partition coefficient (Wildman–Crippen LogP) is 3.30. The van der Waals surface area contributed by atoms with E-state index in [1.54, 1.807) is 0 Å². The number of aliphatic hydroxyl groups excluding tert-OH is 1. The fourth-order valence-corrected chi connectivity index (χ4v) is 3.18. The average molecular weight is 261 g/mol. The number of aliphatic imine (C=N–C) groups is 1. The summed E-state index contributed by atoms with van der Waals surface area (Å²) < 4.78 is 0. The van der Waals surface area contributed by atoms with E-state index in [1.165, 1.54) is 10.5 Å². The Morgan fingerprint density at radius 3 is 3.06 bits per heavy atom. The third-order valence-corrected chi connectivity index (χ3v) is 4.52. The van der Waals surface area contributed by atoms with E-state index in [9.17, 15) is 0 Å². The first-order valence-electron chi connectivity index (χ1n) is 6.35. The summed E-state index contributed by atoms with van der Waals surface area (Å²) >= 11 is 1.86. The largest absolute Gasteiger partial charge is 0.396 e. The van der Waals surface area contributed by atoms with E-state index >= 15 is 0 Å². The summed E-state index contributed by atoms with van der Waals surface area (Å²) in [5, 5.41) is 8.86. The third-order valence-electron chi connectivity index (χ3n) is 3.19. The highest BCUT2D eigenvalue weighted by Gasteiger charge is 2.25. The van der Waals surface area contributed by atoms with Crippen LogP contribution in [-0.2, 0) is 0 Å². The highest BCUT2D eigenvalue weighted by atomic mass is 32.2. The van der Waals surface area contributed by atoms with Gasteiger partial charge in [-0.25, -0.2) is 0 Å². The number of aliphatic hydroxyl groups is 1. The number of rotatable bonds is 4. The zero-order chi connectivity index (χ0) is 12.8. The molecule has 2 rings (SSSR count). The summed E-state index contributed by atoms with van der Waals surface area (Å²) in [6.07, 6.45) is 7.86. The number of nitrogens with zero attached hydrogens (tertiary/aromatic N) is 1. The number of fused-ring (bicyclic) bond motifs is 1. The first-order valence-corrected chi connectivity index (χ1v) is 7.34. The Hall–Kier alpha value is -1.06. The summed E-state index contributed by atoms with van der Waals surface area (Å²) in [6.45, 7) is 2.37. The molecule has 1 aliphatic rings. The van der Waals surface area contributed by atoms with Gasteiger partial charge in [0.1, 0.15) is 0 Å². The highest BCUT2D eigenvalue weighted by molar-refractivity contribution is 7.99. The van der Waals surface area contributed by atoms with Crippen molar-refractivity contribution in [3.05, 3.63) is 42.0 Å². The zero-order valence-corrected chi connectivity index (χ0v) is 11.5. The molecule has 0 saturated carbocycles. The van der Waals surface area contributed by atoms with Crippen molar-refractivity contribution in [2.24, 2.45) is 4.99 Å². The predicted molar refractivity (Wildman–Crippen MR) is 78.6 cm³/mol. The summed E-state index contributed by atoms with van der Waals surface area (Å²) in [5.74, 6) is 0.957. The topological polar surface area (TPSA) is 32.6 Å². The highest BCUT2D eigenvalue weighted by Crippen LogP contribution is 2.33. The van der Waals surface area contributed by atoms with Crippen LogP contribution in [0.4, 0.5) is 0 Å². The summed E-state index contributed by atoms with van der Waals surface area (Å²) in [4.78, 5) is 6.07. The van der Waals surface area contributed by atoms with Gasteiger partial charge in [0.15, 0.2) is 0 Å². The van der Waals surface area contributed by atoms with Crippen LogP contribution in [0.2, 0.25) is 0 Å². The maximum atomic E-state index is 8.86. The lowest BCUT2D eigenvalue weighted by molar-refractivity contribution is 0.302. The molecule has 1 aromatic carbocycles. The lowest BCUT2D eigenvalue weighted by atomic mass is 9.98. The number of hydrogen-bond donors (Lipinski definition) is 1. The molecule has 2 nitrogen and oxygen atoms in total. The van der Waals surface area contributed by atoms with E-state index in [1.807, 2.05) is 30.1 Å². The Bertz CT molecular complexity index is 456. The van der Waals surface area contributed by atoms with E-state index < -0.39 is 0 Å². The number of hydrogen-bond acceptors (Lipinski definition) is 3. The van der Waals surface area contributed by atoms with Crippen molar-refractivity contribution >= 4 is 18.0 Å². The van der Waals surface area contributed by atoms with Gasteiger partial charge in [0.05, 0.1) is 5.54 Å². The first kappa shape index (κ1) is 13.4. The molecule has 0 bridgehead atoms. The number of thioether (sulfide) groups is 1. The van der Waals surface area contributed by atoms with Crippen LogP contribution in [0.1, 0.15) is 25.3 Å². The summed E-state index contributed by atoms with van der Waals surface area (Å²) in [5.41, 5.74) is 1.08. The maximum absolute atomic E-state index is 8.86. The Balaban J connectivity index is 2.22. The maximum Gasteiger partial charge on any atom is 0.0878 e. The molecule has 0 aliphatic carbocycles. The monoisotopic (exact) mass is 261 g/mol. The van der Waals surface area contributed by atoms with E-state index in [0.717, 1.165) is 12.2 Å². The van der Waals surface area contributed by atoms with Gasteiger partial charge in [0.2, 0.25) is 0 Å². The molecule has 0 amide bonds. The molecule has 3 heteroatoms. The van der Waals surface area contributed by atoms with Gasteiger partial charge in [-0.1, -0.05) is 37.3 Å². The Kier molecular flexibility index (Phi) is 4.61. The van der Waals surface area contributed by atoms with Crippen molar-refractivity contribution in [1.29, 1.82) is 0 Å². The minimum atomic E-state index is -0.126. The Morgan fingerprint density at radius 1 is 1.44 bits per heavy atom. The smallest absolute Gasteiger partial charge is 0.0878 e. The van der Waals surface area contributed by atoms with Crippen LogP contribution < -0.4 is 0 Å². The first-order chi connectivity index (χ1) is 8.79. The lowest BCUT2D eigenvalue weighted by Gasteiger charge is -2.23. The van der Waals surface area contributed by atoms with Gasteiger partial charge >= 0.3 is 0 Å². The van der Waals surface area contributed by atoms with Gasteiger partial charge < -0.3 is 5.11 Å². The van der Waals surface area contributed by atoms with Crippen molar-refractivity contribution in [3.8, 4) is 0 Å². The van der Waals surface area contributed by atoms with Crippen molar-refractivity contribution in [2.45, 2.75) is 30.2 Å². The van der Waals surface area contributed by atoms with Gasteiger partial charge in [-0.05, 0) is 18.9 Å². The standard InChI is InChI=1S/C15H19NOS/c1-2-15(9-5-6-10-17)12-18-14-8-4-3-7-13(14)11-16-15/h3-5,7-9,11,17H,2,6,10,12H2,1H3/b9-5+. The van der Waals surface area contributed by atoms with Crippen LogP contribution in [0, 0.1) is 0 Å². The van der Waals surface area contributed by atoms with Crippen molar-refractivity contribution in [2.75, 3.05) is 12.4 Å². The molecule has 0 aromatic heterocycles. The van der Waals surface area contributed by atoms with E-state index in [0.29, 0.717) is 6.42 Å². The molecule has 0 saturated heterocycles. The molecular weight excluding hydrogens is 242 g/mol. The normalized spacial score (nSPS) is 23.0. The molecule has 0 spiro atoms. The van der Waals surface area contributed by atoms with Crippen LogP contribution >= 0.6 is 11.8 Å². The quantitative estimate of drug-likeness (QED) is 0.843. The second kappa shape index (κ2) is 6.21. The lowest BCUT2D eigenvalue weighted by Crippen LogP contribution is -2.25. The average Bonchev–Trinajstić information content (AvgIpc) is 2.60. The second-order valence-corrected chi connectivity index (χ2v) is 5.47. The molecule has 1 heterocycles. The van der Waals surface area contributed by atoms with E-state index in [4.69, 9.17) is 10.1 Å². The molecule has 1 N–H and O–H groups in total. The molecular formula is C15H19NOS. The summed E-state index contributed by atoms with van der Waals surface area (Å²) in [7, 11) is 0. The Morgan fingerprint density at radius 2 is 2.28 bits per heavy atom. The SMILES string of the molecule is CCC1(/C=C/CCO)CSc2ccccc2C=N1. The van der Waals surface area contributed by atoms with Crippen molar-refractivity contribution in [1.82, 2.24) is 0 Å². The molecule has 18 heavy (non-hydrogen) atoms. The molecule has 1 unspecified atom stereocenters. The van der Waals surface area contributed by atoms with Crippen LogP contribution in [0.15, 0.2) is 46.3 Å². The van der Waals surface area contributed by atoms with Gasteiger partial charge in [0, 0.05) is 29.0 Å². The fraction of sp³-hybridized carbons (Fsp3) is 0.400. The van der Waals surface area contributed by atoms with Crippen molar-refractivity contribution in [3.63, 3.8) is 0 Å². The number of benzene rings is 1. The molecule has 1 aromatic rings. The molecule has 96 valence electrons. The van der Waals surface area contributed by atoms with Gasteiger partial charge in [0.25, 0.3) is 0 Å². The van der Waals surface area contributed by atoms with Gasteiger partial charge in [-0.2, -0.15) is 0 Å². The molecule has 0 radical (unpaired) electrons. The van der Waals surface area contributed by atoms with E-state index in [-0.39, 0.29) is 12.1 Å². The third kappa shape index (κ3) is 3.03. The summed E-state index contributed by atoms with van der Waals surface area (Å²) in [6, 6.07) is 8.37. The van der Waals surface area contributed by atoms with Crippen LogP contribution in [0.5, 0.6) is 0 Å². The molecule has 0 fully saturated rings. The second-order valence-electron chi connectivity index (χ2n) is 4.46. The van der Waals surface area contributed by atoms with Crippen LogP contribution in [0.3, 0.4) is 0 Å². The Labute approximate surface area is 113 Å².